The number of fused-ring (bicyclic) bond motifs is 1. The van der Waals surface area contributed by atoms with Crippen LogP contribution >= 0.6 is 0 Å². The first-order valence-electron chi connectivity index (χ1n) is 13.9. The topological polar surface area (TPSA) is 80.3 Å². The van der Waals surface area contributed by atoms with Crippen LogP contribution in [-0.4, -0.2) is 73.8 Å². The van der Waals surface area contributed by atoms with Gasteiger partial charge >= 0.3 is 6.09 Å². The maximum absolute atomic E-state index is 13.1. The van der Waals surface area contributed by atoms with E-state index in [1.807, 2.05) is 32.0 Å². The van der Waals surface area contributed by atoms with Crippen molar-refractivity contribution < 1.29 is 23.8 Å². The number of rotatable bonds is 14. The SMILES string of the molecule is CCCCCCCC(=O)NC(CN1CCCC1)C(OC(=O)N(CC)CC)c1ccc2c(c1)OCCO2. The van der Waals surface area contributed by atoms with Crippen LogP contribution in [0.25, 0.3) is 0 Å². The van der Waals surface area contributed by atoms with Crippen LogP contribution in [0, 0.1) is 0 Å². The summed E-state index contributed by atoms with van der Waals surface area (Å²) in [6.07, 6.45) is 7.22. The first-order chi connectivity index (χ1) is 17.5. The highest BCUT2D eigenvalue weighted by atomic mass is 16.6. The molecule has 0 saturated carbocycles. The van der Waals surface area contributed by atoms with Crippen LogP contribution in [0.2, 0.25) is 0 Å². The standard InChI is InChI=1S/C28H45N3O5/c1-4-7-8-9-10-13-26(32)29-23(21-30-16-11-12-17-30)27(36-28(33)31(5-2)6-3)22-14-15-24-25(20-22)35-19-18-34-24/h14-15,20,23,27H,4-13,16-19,21H2,1-3H3,(H,29,32). The Morgan fingerprint density at radius 1 is 1.00 bits per heavy atom. The molecule has 1 saturated heterocycles. The Labute approximate surface area is 216 Å². The molecule has 1 aromatic carbocycles. The number of likely N-dealkylation sites (tertiary alicyclic amines) is 1. The minimum atomic E-state index is -0.640. The average Bonchev–Trinajstić information content (AvgIpc) is 3.40. The molecule has 3 rings (SSSR count). The molecule has 0 aromatic heterocycles. The minimum Gasteiger partial charge on any atom is -0.486 e. The number of ether oxygens (including phenoxy) is 3. The largest absolute Gasteiger partial charge is 0.486 e. The third-order valence-corrected chi connectivity index (χ3v) is 7.02. The maximum Gasteiger partial charge on any atom is 0.410 e. The number of hydrogen-bond acceptors (Lipinski definition) is 6. The van der Waals surface area contributed by atoms with Crippen molar-refractivity contribution in [2.24, 2.45) is 0 Å². The molecule has 8 nitrogen and oxygen atoms in total. The zero-order chi connectivity index (χ0) is 25.8. The minimum absolute atomic E-state index is 0.0112. The fraction of sp³-hybridized carbons (Fsp3) is 0.714. The summed E-state index contributed by atoms with van der Waals surface area (Å²) in [5, 5.41) is 3.25. The quantitative estimate of drug-likeness (QED) is 0.363. The number of amides is 2. The molecule has 0 aliphatic carbocycles. The van der Waals surface area contributed by atoms with Crippen molar-refractivity contribution in [3.05, 3.63) is 23.8 Å². The van der Waals surface area contributed by atoms with Crippen LogP contribution in [0.1, 0.15) is 83.8 Å². The Morgan fingerprint density at radius 2 is 1.69 bits per heavy atom. The molecule has 2 amide bonds. The third kappa shape index (κ3) is 8.29. The van der Waals surface area contributed by atoms with Crippen molar-refractivity contribution in [2.45, 2.75) is 84.3 Å². The molecule has 1 aromatic rings. The van der Waals surface area contributed by atoms with Gasteiger partial charge in [0.25, 0.3) is 0 Å². The highest BCUT2D eigenvalue weighted by Crippen LogP contribution is 2.35. The lowest BCUT2D eigenvalue weighted by Crippen LogP contribution is -2.48. The number of carbonyl (C=O) groups excluding carboxylic acids is 2. The van der Waals surface area contributed by atoms with E-state index in [0.29, 0.717) is 50.8 Å². The van der Waals surface area contributed by atoms with Crippen molar-refractivity contribution in [1.82, 2.24) is 15.1 Å². The van der Waals surface area contributed by atoms with E-state index in [-0.39, 0.29) is 18.0 Å². The summed E-state index contributed by atoms with van der Waals surface area (Å²) in [5.41, 5.74) is 0.798. The summed E-state index contributed by atoms with van der Waals surface area (Å²) in [6.45, 7) is 10.8. The van der Waals surface area contributed by atoms with E-state index in [4.69, 9.17) is 14.2 Å². The molecule has 2 heterocycles. The van der Waals surface area contributed by atoms with E-state index >= 15 is 0 Å². The molecule has 0 radical (unpaired) electrons. The van der Waals surface area contributed by atoms with Crippen LogP contribution in [-0.2, 0) is 9.53 Å². The molecule has 2 aliphatic heterocycles. The highest BCUT2D eigenvalue weighted by Gasteiger charge is 2.33. The van der Waals surface area contributed by atoms with Gasteiger partial charge in [0.15, 0.2) is 17.6 Å². The van der Waals surface area contributed by atoms with Crippen molar-refractivity contribution in [2.75, 3.05) is 45.9 Å². The van der Waals surface area contributed by atoms with Gasteiger partial charge in [-0.2, -0.15) is 0 Å². The Kier molecular flexibility index (Phi) is 11.7. The zero-order valence-corrected chi connectivity index (χ0v) is 22.4. The van der Waals surface area contributed by atoms with E-state index in [0.717, 1.165) is 50.8 Å². The van der Waals surface area contributed by atoms with E-state index in [2.05, 4.69) is 17.1 Å². The predicted octanol–water partition coefficient (Wildman–Crippen LogP) is 4.92. The monoisotopic (exact) mass is 503 g/mol. The molecule has 1 N–H and O–H groups in total. The second-order valence-corrected chi connectivity index (χ2v) is 9.73. The molecule has 0 spiro atoms. The Balaban J connectivity index is 1.83. The van der Waals surface area contributed by atoms with E-state index in [1.165, 1.54) is 12.8 Å². The van der Waals surface area contributed by atoms with Gasteiger partial charge in [-0.1, -0.05) is 38.7 Å². The summed E-state index contributed by atoms with van der Waals surface area (Å²) in [4.78, 5) is 30.1. The van der Waals surface area contributed by atoms with E-state index in [9.17, 15) is 9.59 Å². The number of nitrogens with zero attached hydrogens (tertiary/aromatic N) is 2. The van der Waals surface area contributed by atoms with Crippen LogP contribution in [0.3, 0.4) is 0 Å². The summed E-state index contributed by atoms with van der Waals surface area (Å²) in [5.74, 6) is 1.34. The third-order valence-electron chi connectivity index (χ3n) is 7.02. The summed E-state index contributed by atoms with van der Waals surface area (Å²) >= 11 is 0. The van der Waals surface area contributed by atoms with Gasteiger partial charge in [0.2, 0.25) is 5.91 Å². The average molecular weight is 504 g/mol. The predicted molar refractivity (Wildman–Crippen MR) is 141 cm³/mol. The van der Waals surface area contributed by atoms with Gasteiger partial charge in [-0.3, -0.25) is 4.79 Å². The van der Waals surface area contributed by atoms with Gasteiger partial charge in [0.05, 0.1) is 6.04 Å². The second kappa shape index (κ2) is 14.9. The molecular weight excluding hydrogens is 458 g/mol. The Morgan fingerprint density at radius 3 is 2.39 bits per heavy atom. The molecule has 202 valence electrons. The van der Waals surface area contributed by atoms with Gasteiger partial charge in [0, 0.05) is 26.1 Å². The lowest BCUT2D eigenvalue weighted by molar-refractivity contribution is -0.123. The number of benzene rings is 1. The Bertz CT molecular complexity index is 823. The smallest absolute Gasteiger partial charge is 0.410 e. The molecule has 8 heteroatoms. The van der Waals surface area contributed by atoms with Gasteiger partial charge in [-0.25, -0.2) is 4.79 Å². The van der Waals surface area contributed by atoms with Crippen LogP contribution in [0.5, 0.6) is 11.5 Å². The number of unbranched alkanes of at least 4 members (excludes halogenated alkanes) is 4. The van der Waals surface area contributed by atoms with Gasteiger partial charge in [0.1, 0.15) is 13.2 Å². The number of hydrogen-bond donors (Lipinski definition) is 1. The first kappa shape index (κ1) is 28.1. The van der Waals surface area contributed by atoms with Crippen molar-refractivity contribution >= 4 is 12.0 Å². The maximum atomic E-state index is 13.1. The van der Waals surface area contributed by atoms with Crippen LogP contribution < -0.4 is 14.8 Å². The fourth-order valence-corrected chi connectivity index (χ4v) is 4.91. The molecule has 2 unspecified atom stereocenters. The Hall–Kier alpha value is -2.48. The second-order valence-electron chi connectivity index (χ2n) is 9.73. The van der Waals surface area contributed by atoms with Gasteiger partial charge in [-0.15, -0.1) is 0 Å². The van der Waals surface area contributed by atoms with Crippen LogP contribution in [0.15, 0.2) is 18.2 Å². The summed E-state index contributed by atoms with van der Waals surface area (Å²) in [7, 11) is 0. The lowest BCUT2D eigenvalue weighted by Gasteiger charge is -2.33. The summed E-state index contributed by atoms with van der Waals surface area (Å²) in [6, 6.07) is 5.31. The molecule has 2 atom stereocenters. The molecule has 1 fully saturated rings. The van der Waals surface area contributed by atoms with Crippen LogP contribution in [0.4, 0.5) is 4.79 Å². The van der Waals surface area contributed by atoms with Gasteiger partial charge in [-0.05, 0) is 63.9 Å². The number of nitrogens with one attached hydrogen (secondary N) is 1. The van der Waals surface area contributed by atoms with Gasteiger partial charge < -0.3 is 29.3 Å². The lowest BCUT2D eigenvalue weighted by atomic mass is 10.00. The van der Waals surface area contributed by atoms with Crippen molar-refractivity contribution in [3.63, 3.8) is 0 Å². The highest BCUT2D eigenvalue weighted by molar-refractivity contribution is 5.76. The normalized spacial score (nSPS) is 16.9. The molecule has 0 bridgehead atoms. The fourth-order valence-electron chi connectivity index (χ4n) is 4.91. The molecule has 36 heavy (non-hydrogen) atoms. The zero-order valence-electron chi connectivity index (χ0n) is 22.4. The van der Waals surface area contributed by atoms with Crippen molar-refractivity contribution in [3.8, 4) is 11.5 Å². The van der Waals surface area contributed by atoms with Crippen molar-refractivity contribution in [1.29, 1.82) is 0 Å². The van der Waals surface area contributed by atoms with E-state index < -0.39 is 6.10 Å². The molecule has 2 aliphatic rings. The van der Waals surface area contributed by atoms with E-state index in [1.54, 1.807) is 4.90 Å². The summed E-state index contributed by atoms with van der Waals surface area (Å²) < 4.78 is 17.7. The molecular formula is C28H45N3O5. The number of carbonyl (C=O) groups is 2. The first-order valence-corrected chi connectivity index (χ1v) is 13.9.